The van der Waals surface area contributed by atoms with Crippen LogP contribution in [0.3, 0.4) is 0 Å². The van der Waals surface area contributed by atoms with E-state index in [1.807, 2.05) is 0 Å². The number of nitrogens with one attached hydrogen (secondary N) is 1. The standard InChI is InChI=1S/C16H15N3O4/c1-11(12-3-7-14(8-4-12)19(21)22)17-18-16(20)13-5-9-15(23-2)10-6-13/h3-10H,1-2H3,(H,18,20)/b17-11-. The average Bonchev–Trinajstić information content (AvgIpc) is 2.59. The van der Waals surface area contributed by atoms with Crippen LogP contribution < -0.4 is 10.2 Å². The van der Waals surface area contributed by atoms with Gasteiger partial charge in [-0.05, 0) is 48.9 Å². The summed E-state index contributed by atoms with van der Waals surface area (Å²) in [5.41, 5.74) is 4.13. The molecule has 7 nitrogen and oxygen atoms in total. The van der Waals surface area contributed by atoms with E-state index in [0.29, 0.717) is 22.6 Å². The summed E-state index contributed by atoms with van der Waals surface area (Å²) < 4.78 is 5.02. The van der Waals surface area contributed by atoms with E-state index in [2.05, 4.69) is 10.5 Å². The van der Waals surface area contributed by atoms with Gasteiger partial charge in [0.15, 0.2) is 0 Å². The minimum absolute atomic E-state index is 0.00354. The fourth-order valence-electron chi connectivity index (χ4n) is 1.83. The number of hydrogen-bond donors (Lipinski definition) is 1. The number of hydrazone groups is 1. The Hall–Kier alpha value is -3.22. The van der Waals surface area contributed by atoms with Gasteiger partial charge in [-0.2, -0.15) is 5.10 Å². The summed E-state index contributed by atoms with van der Waals surface area (Å²) in [4.78, 5) is 22.1. The van der Waals surface area contributed by atoms with Crippen LogP contribution >= 0.6 is 0 Å². The van der Waals surface area contributed by atoms with E-state index in [4.69, 9.17) is 4.74 Å². The Morgan fingerprint density at radius 2 is 1.65 bits per heavy atom. The van der Waals surface area contributed by atoms with Crippen LogP contribution in [0.25, 0.3) is 0 Å². The maximum atomic E-state index is 12.0. The molecule has 0 radical (unpaired) electrons. The predicted molar refractivity (Wildman–Crippen MR) is 85.8 cm³/mol. The van der Waals surface area contributed by atoms with Gasteiger partial charge >= 0.3 is 0 Å². The van der Waals surface area contributed by atoms with Crippen LogP contribution in [-0.4, -0.2) is 23.7 Å². The number of rotatable bonds is 5. The van der Waals surface area contributed by atoms with Gasteiger partial charge in [-0.25, -0.2) is 5.43 Å². The van der Waals surface area contributed by atoms with Gasteiger partial charge in [-0.15, -0.1) is 0 Å². The molecule has 0 aliphatic heterocycles. The number of carbonyl (C=O) groups is 1. The zero-order valence-electron chi connectivity index (χ0n) is 12.6. The highest BCUT2D eigenvalue weighted by molar-refractivity contribution is 6.01. The first-order valence-electron chi connectivity index (χ1n) is 6.75. The van der Waals surface area contributed by atoms with E-state index in [0.717, 1.165) is 0 Å². The molecular formula is C16H15N3O4. The van der Waals surface area contributed by atoms with Gasteiger partial charge in [0.25, 0.3) is 11.6 Å². The van der Waals surface area contributed by atoms with Gasteiger partial charge < -0.3 is 4.74 Å². The molecule has 0 unspecified atom stereocenters. The molecule has 0 bridgehead atoms. The van der Waals surface area contributed by atoms with E-state index in [1.165, 1.54) is 12.1 Å². The summed E-state index contributed by atoms with van der Waals surface area (Å²) in [6.45, 7) is 1.70. The lowest BCUT2D eigenvalue weighted by atomic mass is 10.1. The van der Waals surface area contributed by atoms with Crippen molar-refractivity contribution in [3.8, 4) is 5.75 Å². The number of nitro benzene ring substituents is 1. The van der Waals surface area contributed by atoms with Crippen molar-refractivity contribution in [2.24, 2.45) is 5.10 Å². The molecule has 0 atom stereocenters. The van der Waals surface area contributed by atoms with Gasteiger partial charge in [0.2, 0.25) is 0 Å². The summed E-state index contributed by atoms with van der Waals surface area (Å²) in [7, 11) is 1.55. The number of hydrogen-bond acceptors (Lipinski definition) is 5. The van der Waals surface area contributed by atoms with E-state index in [-0.39, 0.29) is 11.6 Å². The Morgan fingerprint density at radius 3 is 2.17 bits per heavy atom. The summed E-state index contributed by atoms with van der Waals surface area (Å²) in [6, 6.07) is 12.6. The molecule has 0 spiro atoms. The predicted octanol–water partition coefficient (Wildman–Crippen LogP) is 2.76. The Kier molecular flexibility index (Phi) is 5.03. The topological polar surface area (TPSA) is 93.8 Å². The Bertz CT molecular complexity index is 737. The molecule has 23 heavy (non-hydrogen) atoms. The van der Waals surface area contributed by atoms with Crippen LogP contribution in [0.4, 0.5) is 5.69 Å². The lowest BCUT2D eigenvalue weighted by Crippen LogP contribution is -2.19. The summed E-state index contributed by atoms with van der Waals surface area (Å²) in [6.07, 6.45) is 0. The van der Waals surface area contributed by atoms with Crippen molar-refractivity contribution in [1.82, 2.24) is 5.43 Å². The second-order valence-corrected chi connectivity index (χ2v) is 4.67. The van der Waals surface area contributed by atoms with Gasteiger partial charge in [-0.1, -0.05) is 0 Å². The first-order valence-corrected chi connectivity index (χ1v) is 6.75. The highest BCUT2D eigenvalue weighted by Gasteiger charge is 2.07. The average molecular weight is 313 g/mol. The molecule has 7 heteroatoms. The monoisotopic (exact) mass is 313 g/mol. The van der Waals surface area contributed by atoms with Crippen LogP contribution in [0.15, 0.2) is 53.6 Å². The largest absolute Gasteiger partial charge is 0.497 e. The third kappa shape index (κ3) is 4.13. The molecule has 0 saturated heterocycles. The third-order valence-electron chi connectivity index (χ3n) is 3.17. The van der Waals surface area contributed by atoms with Crippen molar-refractivity contribution < 1.29 is 14.5 Å². The fourth-order valence-corrected chi connectivity index (χ4v) is 1.83. The normalized spacial score (nSPS) is 11.0. The molecule has 2 rings (SSSR count). The SMILES string of the molecule is COc1ccc(C(=O)N/N=C(/C)c2ccc([N+](=O)[O-])cc2)cc1. The minimum Gasteiger partial charge on any atom is -0.497 e. The molecule has 118 valence electrons. The molecule has 2 aromatic carbocycles. The van der Waals surface area contributed by atoms with Crippen LogP contribution in [-0.2, 0) is 0 Å². The first-order chi connectivity index (χ1) is 11.0. The van der Waals surface area contributed by atoms with Crippen LogP contribution in [0, 0.1) is 10.1 Å². The van der Waals surface area contributed by atoms with Gasteiger partial charge in [-0.3, -0.25) is 14.9 Å². The fraction of sp³-hybridized carbons (Fsp3) is 0.125. The van der Waals surface area contributed by atoms with Gasteiger partial charge in [0.1, 0.15) is 5.75 Å². The quantitative estimate of drug-likeness (QED) is 0.521. The number of carbonyl (C=O) groups excluding carboxylic acids is 1. The van der Waals surface area contributed by atoms with Crippen LogP contribution in [0.5, 0.6) is 5.75 Å². The van der Waals surface area contributed by atoms with Gasteiger partial charge in [0.05, 0.1) is 17.7 Å². The Labute approximate surface area is 132 Å². The molecule has 0 saturated carbocycles. The van der Waals surface area contributed by atoms with E-state index in [9.17, 15) is 14.9 Å². The molecule has 0 fully saturated rings. The van der Waals surface area contributed by atoms with Crippen molar-refractivity contribution in [2.75, 3.05) is 7.11 Å². The zero-order chi connectivity index (χ0) is 16.8. The number of benzene rings is 2. The number of methoxy groups -OCH3 is 1. The van der Waals surface area contributed by atoms with Crippen molar-refractivity contribution in [3.63, 3.8) is 0 Å². The van der Waals surface area contributed by atoms with Crippen molar-refractivity contribution in [1.29, 1.82) is 0 Å². The molecule has 0 aliphatic rings. The first kappa shape index (κ1) is 16.2. The number of amides is 1. The van der Waals surface area contributed by atoms with Crippen LogP contribution in [0.2, 0.25) is 0 Å². The van der Waals surface area contributed by atoms with E-state index >= 15 is 0 Å². The second kappa shape index (κ2) is 7.17. The molecular weight excluding hydrogens is 298 g/mol. The minimum atomic E-state index is -0.471. The molecule has 0 heterocycles. The number of nitrogens with zero attached hydrogens (tertiary/aromatic N) is 2. The highest BCUT2D eigenvalue weighted by Crippen LogP contribution is 2.13. The Morgan fingerprint density at radius 1 is 1.09 bits per heavy atom. The number of ether oxygens (including phenoxy) is 1. The van der Waals surface area contributed by atoms with Crippen molar-refractivity contribution in [3.05, 3.63) is 69.8 Å². The maximum absolute atomic E-state index is 12.0. The van der Waals surface area contributed by atoms with E-state index < -0.39 is 4.92 Å². The number of non-ortho nitro benzene ring substituents is 1. The number of nitro groups is 1. The summed E-state index contributed by atoms with van der Waals surface area (Å²) in [5, 5.41) is 14.6. The maximum Gasteiger partial charge on any atom is 0.271 e. The van der Waals surface area contributed by atoms with Crippen molar-refractivity contribution in [2.45, 2.75) is 6.92 Å². The zero-order valence-corrected chi connectivity index (χ0v) is 12.6. The van der Waals surface area contributed by atoms with Crippen LogP contribution in [0.1, 0.15) is 22.8 Å². The molecule has 2 aromatic rings. The molecule has 0 aromatic heterocycles. The van der Waals surface area contributed by atoms with Gasteiger partial charge in [0, 0.05) is 17.7 Å². The molecule has 1 amide bonds. The molecule has 0 aliphatic carbocycles. The lowest BCUT2D eigenvalue weighted by Gasteiger charge is -2.04. The summed E-state index contributed by atoms with van der Waals surface area (Å²) >= 11 is 0. The summed E-state index contributed by atoms with van der Waals surface area (Å²) in [5.74, 6) is 0.307. The smallest absolute Gasteiger partial charge is 0.271 e. The van der Waals surface area contributed by atoms with E-state index in [1.54, 1.807) is 50.4 Å². The van der Waals surface area contributed by atoms with Crippen molar-refractivity contribution >= 4 is 17.3 Å². The second-order valence-electron chi connectivity index (χ2n) is 4.67. The highest BCUT2D eigenvalue weighted by atomic mass is 16.6. The Balaban J connectivity index is 2.05. The lowest BCUT2D eigenvalue weighted by molar-refractivity contribution is -0.384. The third-order valence-corrected chi connectivity index (χ3v) is 3.17. The molecule has 1 N–H and O–H groups in total.